The lowest BCUT2D eigenvalue weighted by Crippen LogP contribution is -2.01. The van der Waals surface area contributed by atoms with Gasteiger partial charge in [0.2, 0.25) is 0 Å². The Balaban J connectivity index is 1.71. The highest BCUT2D eigenvalue weighted by molar-refractivity contribution is 7.13. The number of aliphatic hydroxyl groups excluding tert-OH is 1. The first-order valence-electron chi connectivity index (χ1n) is 6.37. The summed E-state index contributed by atoms with van der Waals surface area (Å²) in [7, 11) is 0. The van der Waals surface area contributed by atoms with Gasteiger partial charge in [-0.1, -0.05) is 17.7 Å². The lowest BCUT2D eigenvalue weighted by atomic mass is 10.2. The number of aromatic nitrogens is 1. The van der Waals surface area contributed by atoms with Crippen molar-refractivity contribution in [2.75, 3.05) is 5.32 Å². The molecule has 108 valence electrons. The first-order valence-corrected chi connectivity index (χ1v) is 7.63. The van der Waals surface area contributed by atoms with Crippen LogP contribution in [0.4, 0.5) is 5.69 Å². The molecule has 0 amide bonds. The Kier molecular flexibility index (Phi) is 4.24. The molecule has 0 saturated carbocycles. The van der Waals surface area contributed by atoms with Gasteiger partial charge in [-0.2, -0.15) is 0 Å². The number of rotatable bonds is 5. The van der Waals surface area contributed by atoms with Gasteiger partial charge in [0, 0.05) is 5.38 Å². The van der Waals surface area contributed by atoms with Gasteiger partial charge in [0.1, 0.15) is 0 Å². The standard InChI is InChI=1S/C15H13ClN2O2S/c16-12-4-3-10(8-19)6-13(12)17-7-11-9-21-15(18-11)14-2-1-5-20-14/h1-6,9,17,19H,7-8H2. The predicted octanol–water partition coefficient (Wildman–Crippen LogP) is 4.16. The van der Waals surface area contributed by atoms with E-state index in [0.717, 1.165) is 27.7 Å². The maximum atomic E-state index is 9.16. The second-order valence-electron chi connectivity index (χ2n) is 4.45. The van der Waals surface area contributed by atoms with Gasteiger partial charge in [-0.15, -0.1) is 11.3 Å². The molecule has 0 aliphatic carbocycles. The van der Waals surface area contributed by atoms with Crippen LogP contribution in [-0.4, -0.2) is 10.1 Å². The van der Waals surface area contributed by atoms with Crippen molar-refractivity contribution < 1.29 is 9.52 Å². The number of furan rings is 1. The fourth-order valence-corrected chi connectivity index (χ4v) is 2.86. The Morgan fingerprint density at radius 1 is 1.33 bits per heavy atom. The number of thiazole rings is 1. The molecular weight excluding hydrogens is 308 g/mol. The number of nitrogens with one attached hydrogen (secondary N) is 1. The van der Waals surface area contributed by atoms with E-state index in [0.29, 0.717) is 11.6 Å². The average molecular weight is 321 g/mol. The summed E-state index contributed by atoms with van der Waals surface area (Å²) in [5.74, 6) is 0.770. The van der Waals surface area contributed by atoms with Crippen LogP contribution in [0.25, 0.3) is 10.8 Å². The monoisotopic (exact) mass is 320 g/mol. The van der Waals surface area contributed by atoms with Gasteiger partial charge < -0.3 is 14.8 Å². The molecule has 0 spiro atoms. The van der Waals surface area contributed by atoms with E-state index in [9.17, 15) is 0 Å². The highest BCUT2D eigenvalue weighted by Crippen LogP contribution is 2.26. The Morgan fingerprint density at radius 2 is 2.24 bits per heavy atom. The molecule has 0 saturated heterocycles. The summed E-state index contributed by atoms with van der Waals surface area (Å²) >= 11 is 7.67. The minimum Gasteiger partial charge on any atom is -0.462 e. The number of halogens is 1. The number of hydrogen-bond acceptors (Lipinski definition) is 5. The number of nitrogens with zero attached hydrogens (tertiary/aromatic N) is 1. The first-order chi connectivity index (χ1) is 10.3. The number of aliphatic hydroxyl groups is 1. The van der Waals surface area contributed by atoms with E-state index in [1.165, 1.54) is 11.3 Å². The molecule has 0 fully saturated rings. The van der Waals surface area contributed by atoms with Crippen LogP contribution in [0.15, 0.2) is 46.4 Å². The molecule has 0 atom stereocenters. The number of benzene rings is 1. The molecular formula is C15H13ClN2O2S. The van der Waals surface area contributed by atoms with Crippen LogP contribution in [0, 0.1) is 0 Å². The molecule has 1 aromatic carbocycles. The molecule has 21 heavy (non-hydrogen) atoms. The fourth-order valence-electron chi connectivity index (χ4n) is 1.89. The summed E-state index contributed by atoms with van der Waals surface area (Å²) in [6.45, 7) is 0.553. The summed E-state index contributed by atoms with van der Waals surface area (Å²) in [5, 5.41) is 15.8. The molecule has 4 nitrogen and oxygen atoms in total. The second-order valence-corrected chi connectivity index (χ2v) is 5.71. The molecule has 3 aromatic rings. The largest absolute Gasteiger partial charge is 0.462 e. The van der Waals surface area contributed by atoms with Crippen LogP contribution in [0.5, 0.6) is 0 Å². The Bertz CT molecular complexity index is 725. The molecule has 2 heterocycles. The fraction of sp³-hybridized carbons (Fsp3) is 0.133. The molecule has 2 aromatic heterocycles. The molecule has 0 unspecified atom stereocenters. The smallest absolute Gasteiger partial charge is 0.162 e. The van der Waals surface area contributed by atoms with E-state index in [4.69, 9.17) is 21.1 Å². The summed E-state index contributed by atoms with van der Waals surface area (Å²) in [6, 6.07) is 9.13. The maximum Gasteiger partial charge on any atom is 0.162 e. The molecule has 2 N–H and O–H groups in total. The van der Waals surface area contributed by atoms with E-state index < -0.39 is 0 Å². The third-order valence-electron chi connectivity index (χ3n) is 2.96. The van der Waals surface area contributed by atoms with Crippen LogP contribution in [0.2, 0.25) is 5.02 Å². The average Bonchev–Trinajstić information content (AvgIpc) is 3.17. The van der Waals surface area contributed by atoms with Crippen LogP contribution in [0.1, 0.15) is 11.3 Å². The third-order valence-corrected chi connectivity index (χ3v) is 4.19. The molecule has 3 rings (SSSR count). The Hall–Kier alpha value is -1.82. The summed E-state index contributed by atoms with van der Waals surface area (Å²) < 4.78 is 5.32. The van der Waals surface area contributed by atoms with Gasteiger partial charge in [-0.25, -0.2) is 4.98 Å². The van der Waals surface area contributed by atoms with Gasteiger partial charge in [-0.05, 0) is 29.8 Å². The van der Waals surface area contributed by atoms with E-state index in [2.05, 4.69) is 10.3 Å². The Labute approximate surface area is 131 Å². The van der Waals surface area contributed by atoms with Crippen molar-refractivity contribution in [1.82, 2.24) is 4.98 Å². The second kappa shape index (κ2) is 6.30. The third kappa shape index (κ3) is 3.26. The van der Waals surface area contributed by atoms with Crippen molar-refractivity contribution in [3.63, 3.8) is 0 Å². The lowest BCUT2D eigenvalue weighted by Gasteiger charge is -2.08. The molecule has 0 bridgehead atoms. The predicted molar refractivity (Wildman–Crippen MR) is 84.5 cm³/mol. The first kappa shape index (κ1) is 14.1. The molecule has 0 aliphatic heterocycles. The van der Waals surface area contributed by atoms with Crippen LogP contribution < -0.4 is 5.32 Å². The minimum absolute atomic E-state index is 0.00874. The number of hydrogen-bond donors (Lipinski definition) is 2. The molecule has 6 heteroatoms. The van der Waals surface area contributed by atoms with E-state index in [-0.39, 0.29) is 6.61 Å². The zero-order valence-corrected chi connectivity index (χ0v) is 12.6. The maximum absolute atomic E-state index is 9.16. The summed E-state index contributed by atoms with van der Waals surface area (Å²) in [4.78, 5) is 4.51. The Morgan fingerprint density at radius 3 is 3.00 bits per heavy atom. The normalized spacial score (nSPS) is 10.8. The highest BCUT2D eigenvalue weighted by Gasteiger charge is 2.08. The van der Waals surface area contributed by atoms with Crippen molar-refractivity contribution in [3.8, 4) is 10.8 Å². The lowest BCUT2D eigenvalue weighted by molar-refractivity contribution is 0.282. The van der Waals surface area contributed by atoms with Crippen LogP contribution >= 0.6 is 22.9 Å². The van der Waals surface area contributed by atoms with Gasteiger partial charge in [0.25, 0.3) is 0 Å². The van der Waals surface area contributed by atoms with Crippen molar-refractivity contribution in [3.05, 3.63) is 58.3 Å². The van der Waals surface area contributed by atoms with E-state index >= 15 is 0 Å². The van der Waals surface area contributed by atoms with E-state index in [1.54, 1.807) is 18.4 Å². The zero-order valence-electron chi connectivity index (χ0n) is 11.0. The molecule has 0 radical (unpaired) electrons. The van der Waals surface area contributed by atoms with Crippen molar-refractivity contribution in [1.29, 1.82) is 0 Å². The summed E-state index contributed by atoms with van der Waals surface area (Å²) in [6.07, 6.45) is 1.63. The van der Waals surface area contributed by atoms with Gasteiger partial charge in [0.05, 0.1) is 35.8 Å². The number of anilines is 1. The van der Waals surface area contributed by atoms with Crippen LogP contribution in [0.3, 0.4) is 0 Å². The minimum atomic E-state index is -0.00874. The SMILES string of the molecule is OCc1ccc(Cl)c(NCc2csc(-c3ccco3)n2)c1. The van der Waals surface area contributed by atoms with E-state index in [1.807, 2.05) is 23.6 Å². The van der Waals surface area contributed by atoms with Crippen LogP contribution in [-0.2, 0) is 13.2 Å². The van der Waals surface area contributed by atoms with Crippen molar-refractivity contribution >= 4 is 28.6 Å². The van der Waals surface area contributed by atoms with Crippen molar-refractivity contribution in [2.45, 2.75) is 13.2 Å². The van der Waals surface area contributed by atoms with Gasteiger partial charge >= 0.3 is 0 Å². The topological polar surface area (TPSA) is 58.3 Å². The molecule has 0 aliphatic rings. The highest BCUT2D eigenvalue weighted by atomic mass is 35.5. The summed E-state index contributed by atoms with van der Waals surface area (Å²) in [5.41, 5.74) is 2.52. The van der Waals surface area contributed by atoms with Crippen molar-refractivity contribution in [2.24, 2.45) is 0 Å². The zero-order chi connectivity index (χ0) is 14.7. The van der Waals surface area contributed by atoms with Gasteiger partial charge in [-0.3, -0.25) is 0 Å². The van der Waals surface area contributed by atoms with Gasteiger partial charge in [0.15, 0.2) is 10.8 Å². The quantitative estimate of drug-likeness (QED) is 0.741.